The van der Waals surface area contributed by atoms with Crippen molar-refractivity contribution in [1.82, 2.24) is 0 Å². The molecule has 0 aliphatic rings. The minimum absolute atomic E-state index is 0.658. The number of halogens is 1. The smallest absolute Gasteiger partial charge is 0.128 e. The second-order valence-corrected chi connectivity index (χ2v) is 5.14. The maximum atomic E-state index is 5.94. The van der Waals surface area contributed by atoms with Crippen molar-refractivity contribution < 1.29 is 4.74 Å². The quantitative estimate of drug-likeness (QED) is 0.658. The van der Waals surface area contributed by atoms with E-state index < -0.39 is 0 Å². The molecule has 2 N–H and O–H groups in total. The van der Waals surface area contributed by atoms with Crippen LogP contribution in [0.4, 0.5) is 5.69 Å². The van der Waals surface area contributed by atoms with Crippen molar-refractivity contribution in [1.29, 1.82) is 0 Å². The van der Waals surface area contributed by atoms with E-state index in [0.717, 1.165) is 28.3 Å². The fourth-order valence-electron chi connectivity index (χ4n) is 2.06. The van der Waals surface area contributed by atoms with E-state index in [1.54, 1.807) is 6.07 Å². The SMILES string of the molecule is Nc1ccc(-c2ccc(Oc3cccc(Cl)c3)cc2)cc1. The first-order valence-corrected chi connectivity index (χ1v) is 6.98. The van der Waals surface area contributed by atoms with Gasteiger partial charge in [-0.1, -0.05) is 41.9 Å². The van der Waals surface area contributed by atoms with E-state index in [9.17, 15) is 0 Å². The van der Waals surface area contributed by atoms with E-state index in [-0.39, 0.29) is 0 Å². The van der Waals surface area contributed by atoms with Crippen LogP contribution in [0.2, 0.25) is 5.02 Å². The molecule has 0 aromatic heterocycles. The van der Waals surface area contributed by atoms with Gasteiger partial charge in [-0.15, -0.1) is 0 Å². The molecule has 0 spiro atoms. The van der Waals surface area contributed by atoms with Gasteiger partial charge >= 0.3 is 0 Å². The predicted octanol–water partition coefficient (Wildman–Crippen LogP) is 5.38. The van der Waals surface area contributed by atoms with Crippen molar-refractivity contribution in [3.8, 4) is 22.6 Å². The van der Waals surface area contributed by atoms with Crippen LogP contribution in [0.15, 0.2) is 72.8 Å². The lowest BCUT2D eigenvalue weighted by Gasteiger charge is -2.07. The molecule has 0 aliphatic carbocycles. The summed E-state index contributed by atoms with van der Waals surface area (Å²) < 4.78 is 5.76. The van der Waals surface area contributed by atoms with Gasteiger partial charge in [0.15, 0.2) is 0 Å². The van der Waals surface area contributed by atoms with Crippen LogP contribution in [0.1, 0.15) is 0 Å². The fourth-order valence-corrected chi connectivity index (χ4v) is 2.24. The Kier molecular flexibility index (Phi) is 3.80. The zero-order valence-electron chi connectivity index (χ0n) is 11.3. The molecule has 0 unspecified atom stereocenters. The van der Waals surface area contributed by atoms with Crippen LogP contribution in [-0.2, 0) is 0 Å². The second-order valence-electron chi connectivity index (χ2n) is 4.71. The number of rotatable bonds is 3. The highest BCUT2D eigenvalue weighted by Crippen LogP contribution is 2.27. The molecule has 0 heterocycles. The van der Waals surface area contributed by atoms with Gasteiger partial charge in [-0.3, -0.25) is 0 Å². The lowest BCUT2D eigenvalue weighted by molar-refractivity contribution is 0.483. The van der Waals surface area contributed by atoms with Gasteiger partial charge in [-0.2, -0.15) is 0 Å². The summed E-state index contributed by atoms with van der Waals surface area (Å²) in [7, 11) is 0. The Morgan fingerprint density at radius 3 is 1.95 bits per heavy atom. The van der Waals surface area contributed by atoms with Crippen LogP contribution in [-0.4, -0.2) is 0 Å². The van der Waals surface area contributed by atoms with Gasteiger partial charge in [0.1, 0.15) is 11.5 Å². The molecule has 3 heteroatoms. The molecular formula is C18H14ClNO. The summed E-state index contributed by atoms with van der Waals surface area (Å²) in [5.74, 6) is 1.50. The summed E-state index contributed by atoms with van der Waals surface area (Å²) in [6.45, 7) is 0. The molecule has 0 saturated carbocycles. The molecule has 104 valence electrons. The van der Waals surface area contributed by atoms with Crippen molar-refractivity contribution in [2.75, 3.05) is 5.73 Å². The van der Waals surface area contributed by atoms with Crippen LogP contribution < -0.4 is 10.5 Å². The number of hydrogen-bond acceptors (Lipinski definition) is 2. The molecule has 0 fully saturated rings. The van der Waals surface area contributed by atoms with Crippen LogP contribution in [0.3, 0.4) is 0 Å². The number of nitrogen functional groups attached to an aromatic ring is 1. The lowest BCUT2D eigenvalue weighted by Crippen LogP contribution is -1.86. The zero-order valence-corrected chi connectivity index (χ0v) is 12.0. The minimum atomic E-state index is 0.658. The molecular weight excluding hydrogens is 282 g/mol. The molecule has 3 rings (SSSR count). The van der Waals surface area contributed by atoms with Crippen LogP contribution in [0.25, 0.3) is 11.1 Å². The van der Waals surface area contributed by atoms with Crippen molar-refractivity contribution in [2.45, 2.75) is 0 Å². The molecule has 3 aromatic carbocycles. The van der Waals surface area contributed by atoms with Crippen LogP contribution in [0.5, 0.6) is 11.5 Å². The average Bonchev–Trinajstić information content (AvgIpc) is 2.49. The zero-order chi connectivity index (χ0) is 14.7. The Labute approximate surface area is 128 Å². The maximum Gasteiger partial charge on any atom is 0.128 e. The third kappa shape index (κ3) is 3.36. The molecule has 2 nitrogen and oxygen atoms in total. The molecule has 21 heavy (non-hydrogen) atoms. The highest BCUT2D eigenvalue weighted by molar-refractivity contribution is 6.30. The topological polar surface area (TPSA) is 35.2 Å². The second kappa shape index (κ2) is 5.90. The number of anilines is 1. The summed E-state index contributed by atoms with van der Waals surface area (Å²) >= 11 is 5.94. The Balaban J connectivity index is 1.79. The minimum Gasteiger partial charge on any atom is -0.457 e. The van der Waals surface area contributed by atoms with Gasteiger partial charge < -0.3 is 10.5 Å². The van der Waals surface area contributed by atoms with Gasteiger partial charge in [-0.05, 0) is 53.6 Å². The van der Waals surface area contributed by atoms with E-state index in [0.29, 0.717) is 5.02 Å². The van der Waals surface area contributed by atoms with E-state index in [1.807, 2.05) is 66.7 Å². The van der Waals surface area contributed by atoms with E-state index in [1.165, 1.54) is 0 Å². The Morgan fingerprint density at radius 2 is 1.33 bits per heavy atom. The summed E-state index contributed by atoms with van der Waals surface area (Å²) in [6, 6.07) is 23.0. The summed E-state index contributed by atoms with van der Waals surface area (Å²) in [5, 5.41) is 0.658. The van der Waals surface area contributed by atoms with Gasteiger partial charge in [0.05, 0.1) is 0 Å². The molecule has 0 bridgehead atoms. The molecule has 3 aromatic rings. The summed E-state index contributed by atoms with van der Waals surface area (Å²) in [4.78, 5) is 0. The third-order valence-corrected chi connectivity index (χ3v) is 3.37. The highest BCUT2D eigenvalue weighted by Gasteiger charge is 2.01. The third-order valence-electron chi connectivity index (χ3n) is 3.13. The van der Waals surface area contributed by atoms with E-state index >= 15 is 0 Å². The first-order chi connectivity index (χ1) is 10.2. The first kappa shape index (κ1) is 13.5. The standard InChI is InChI=1S/C18H14ClNO/c19-15-2-1-3-18(12-15)21-17-10-6-14(7-11-17)13-4-8-16(20)9-5-13/h1-12H,20H2. The largest absolute Gasteiger partial charge is 0.457 e. The van der Waals surface area contributed by atoms with Gasteiger partial charge in [0, 0.05) is 10.7 Å². The van der Waals surface area contributed by atoms with E-state index in [2.05, 4.69) is 0 Å². The Morgan fingerprint density at radius 1 is 0.714 bits per heavy atom. The monoisotopic (exact) mass is 295 g/mol. The van der Waals surface area contributed by atoms with Crippen molar-refractivity contribution in [2.24, 2.45) is 0 Å². The van der Waals surface area contributed by atoms with Crippen molar-refractivity contribution in [3.63, 3.8) is 0 Å². The summed E-state index contributed by atoms with van der Waals surface area (Å²) in [5.41, 5.74) is 8.70. The number of nitrogens with two attached hydrogens (primary N) is 1. The Hall–Kier alpha value is -2.45. The van der Waals surface area contributed by atoms with Crippen molar-refractivity contribution >= 4 is 17.3 Å². The highest BCUT2D eigenvalue weighted by atomic mass is 35.5. The van der Waals surface area contributed by atoms with Crippen LogP contribution in [0, 0.1) is 0 Å². The first-order valence-electron chi connectivity index (χ1n) is 6.60. The van der Waals surface area contributed by atoms with Gasteiger partial charge in [0.25, 0.3) is 0 Å². The molecule has 0 aliphatic heterocycles. The van der Waals surface area contributed by atoms with E-state index in [4.69, 9.17) is 22.1 Å². The summed E-state index contributed by atoms with van der Waals surface area (Å²) in [6.07, 6.45) is 0. The maximum absolute atomic E-state index is 5.94. The number of hydrogen-bond donors (Lipinski definition) is 1. The lowest BCUT2D eigenvalue weighted by atomic mass is 10.1. The molecule has 0 atom stereocenters. The Bertz CT molecular complexity index is 736. The molecule has 0 radical (unpaired) electrons. The molecule has 0 amide bonds. The molecule has 0 saturated heterocycles. The average molecular weight is 296 g/mol. The van der Waals surface area contributed by atoms with Crippen LogP contribution >= 0.6 is 11.6 Å². The number of benzene rings is 3. The van der Waals surface area contributed by atoms with Crippen molar-refractivity contribution in [3.05, 3.63) is 77.8 Å². The number of ether oxygens (including phenoxy) is 1. The van der Waals surface area contributed by atoms with Gasteiger partial charge in [0.2, 0.25) is 0 Å². The fraction of sp³-hybridized carbons (Fsp3) is 0. The predicted molar refractivity (Wildman–Crippen MR) is 87.8 cm³/mol. The normalized spacial score (nSPS) is 10.3. The van der Waals surface area contributed by atoms with Gasteiger partial charge in [-0.25, -0.2) is 0 Å².